The van der Waals surface area contributed by atoms with Crippen molar-refractivity contribution in [1.29, 1.82) is 0 Å². The molecule has 0 bridgehead atoms. The van der Waals surface area contributed by atoms with Crippen LogP contribution in [0.15, 0.2) is 52.0 Å². The number of carbonyl (C=O) groups is 3. The Morgan fingerprint density at radius 1 is 1.11 bits per heavy atom. The smallest absolute Gasteiger partial charge is 0.321 e. The quantitative estimate of drug-likeness (QED) is 0.611. The number of carbonyl (C=O) groups excluding carboxylic acids is 3. The largest absolute Gasteiger partial charge is 0.467 e. The molecule has 0 aliphatic carbocycles. The molecule has 0 fully saturated rings. The Morgan fingerprint density at radius 3 is 2.54 bits per heavy atom. The van der Waals surface area contributed by atoms with Gasteiger partial charge in [-0.1, -0.05) is 23.7 Å². The van der Waals surface area contributed by atoms with Crippen molar-refractivity contribution < 1.29 is 32.0 Å². The van der Waals surface area contributed by atoms with Gasteiger partial charge in [0, 0.05) is 0 Å². The van der Waals surface area contributed by atoms with Crippen LogP contribution >= 0.6 is 11.6 Å². The van der Waals surface area contributed by atoms with Crippen molar-refractivity contribution >= 4 is 39.3 Å². The van der Waals surface area contributed by atoms with Crippen molar-refractivity contribution in [3.05, 3.63) is 53.4 Å². The second-order valence-corrected chi connectivity index (χ2v) is 7.95. The number of esters is 1. The predicted molar refractivity (Wildman–Crippen MR) is 98.2 cm³/mol. The maximum absolute atomic E-state index is 12.2. The van der Waals surface area contributed by atoms with Gasteiger partial charge in [0.1, 0.15) is 5.76 Å². The van der Waals surface area contributed by atoms with Crippen LogP contribution in [0.2, 0.25) is 5.02 Å². The molecule has 1 aromatic carbocycles. The number of hydrogen-bond acceptors (Lipinski definition) is 7. The molecule has 11 heteroatoms. The maximum atomic E-state index is 12.2. The van der Waals surface area contributed by atoms with E-state index in [1.165, 1.54) is 24.5 Å². The van der Waals surface area contributed by atoms with Gasteiger partial charge in [0.15, 0.2) is 16.4 Å². The fourth-order valence-electron chi connectivity index (χ4n) is 2.03. The summed E-state index contributed by atoms with van der Waals surface area (Å²) in [5, 5.41) is 4.39. The van der Waals surface area contributed by atoms with Crippen LogP contribution in [0.4, 0.5) is 4.79 Å². The molecule has 0 aliphatic rings. The lowest BCUT2D eigenvalue weighted by Crippen LogP contribution is -2.41. The van der Waals surface area contributed by atoms with Gasteiger partial charge in [-0.3, -0.25) is 14.9 Å². The number of amides is 3. The summed E-state index contributed by atoms with van der Waals surface area (Å²) in [7, 11) is -3.78. The van der Waals surface area contributed by atoms with E-state index in [0.717, 1.165) is 0 Å². The average molecular weight is 429 g/mol. The van der Waals surface area contributed by atoms with Gasteiger partial charge in [-0.05, 0) is 24.3 Å². The lowest BCUT2D eigenvalue weighted by Gasteiger charge is -2.08. The van der Waals surface area contributed by atoms with Gasteiger partial charge >= 0.3 is 12.0 Å². The highest BCUT2D eigenvalue weighted by atomic mass is 35.5. The summed E-state index contributed by atoms with van der Waals surface area (Å²) in [4.78, 5) is 34.7. The van der Waals surface area contributed by atoms with Crippen LogP contribution in [0.3, 0.4) is 0 Å². The molecule has 0 saturated heterocycles. The molecule has 0 saturated carbocycles. The molecular formula is C17H17ClN2O7S. The second kappa shape index (κ2) is 9.90. The molecule has 1 aromatic heterocycles. The van der Waals surface area contributed by atoms with Crippen molar-refractivity contribution in [1.82, 2.24) is 10.6 Å². The summed E-state index contributed by atoms with van der Waals surface area (Å²) < 4.78 is 34.0. The number of halogens is 1. The number of urea groups is 1. The minimum absolute atomic E-state index is 0.0517. The molecule has 0 spiro atoms. The first-order chi connectivity index (χ1) is 13.3. The number of imide groups is 1. The molecule has 0 atom stereocenters. The van der Waals surface area contributed by atoms with E-state index in [1.807, 2.05) is 5.32 Å². The van der Waals surface area contributed by atoms with Crippen LogP contribution < -0.4 is 10.6 Å². The van der Waals surface area contributed by atoms with E-state index in [4.69, 9.17) is 16.0 Å². The van der Waals surface area contributed by atoms with E-state index in [0.29, 0.717) is 5.76 Å². The molecule has 2 aromatic rings. The van der Waals surface area contributed by atoms with Crippen LogP contribution in [0.25, 0.3) is 0 Å². The summed E-state index contributed by atoms with van der Waals surface area (Å²) in [6, 6.07) is 8.34. The maximum Gasteiger partial charge on any atom is 0.321 e. The minimum atomic E-state index is -3.78. The zero-order chi connectivity index (χ0) is 20.6. The van der Waals surface area contributed by atoms with Gasteiger partial charge < -0.3 is 14.5 Å². The highest BCUT2D eigenvalue weighted by Crippen LogP contribution is 2.22. The van der Waals surface area contributed by atoms with Crippen LogP contribution in [-0.4, -0.2) is 38.7 Å². The molecule has 28 heavy (non-hydrogen) atoms. The summed E-state index contributed by atoms with van der Waals surface area (Å²) in [6.07, 6.45) is 0.969. The molecule has 1 heterocycles. The number of ether oxygens (including phenoxy) is 1. The van der Waals surface area contributed by atoms with Crippen molar-refractivity contribution in [2.24, 2.45) is 0 Å². The molecule has 0 unspecified atom stereocenters. The van der Waals surface area contributed by atoms with Gasteiger partial charge in [0.2, 0.25) is 0 Å². The normalized spacial score (nSPS) is 10.9. The molecule has 0 radical (unpaired) electrons. The molecule has 2 N–H and O–H groups in total. The highest BCUT2D eigenvalue weighted by molar-refractivity contribution is 7.91. The molecule has 3 amide bonds. The fraction of sp³-hybridized carbons (Fsp3) is 0.235. The SMILES string of the molecule is O=C(COC(=O)CCS(=O)(=O)c1ccccc1Cl)NC(=O)NCc1ccco1. The Hall–Kier alpha value is -2.85. The van der Waals surface area contributed by atoms with Crippen LogP contribution in [-0.2, 0) is 30.7 Å². The molecule has 2 rings (SSSR count). The summed E-state index contributed by atoms with van der Waals surface area (Å²) in [6.45, 7) is -0.648. The van der Waals surface area contributed by atoms with Gasteiger partial charge in [0.05, 0.1) is 34.9 Å². The number of rotatable bonds is 8. The van der Waals surface area contributed by atoms with Crippen LogP contribution in [0, 0.1) is 0 Å². The number of hydrogen-bond donors (Lipinski definition) is 2. The first-order valence-corrected chi connectivity index (χ1v) is 10.0. The van der Waals surface area contributed by atoms with Gasteiger partial charge in [-0.2, -0.15) is 0 Å². The third-order valence-electron chi connectivity index (χ3n) is 3.37. The summed E-state index contributed by atoms with van der Waals surface area (Å²) >= 11 is 5.84. The number of furan rings is 1. The average Bonchev–Trinajstić information content (AvgIpc) is 3.17. The number of nitrogens with one attached hydrogen (secondary N) is 2. The first-order valence-electron chi connectivity index (χ1n) is 8.01. The van der Waals surface area contributed by atoms with E-state index in [2.05, 4.69) is 10.1 Å². The monoisotopic (exact) mass is 428 g/mol. The van der Waals surface area contributed by atoms with E-state index >= 15 is 0 Å². The van der Waals surface area contributed by atoms with Crippen molar-refractivity contribution in [2.75, 3.05) is 12.4 Å². The first kappa shape index (κ1) is 21.5. The molecule has 9 nitrogen and oxygen atoms in total. The fourth-order valence-corrected chi connectivity index (χ4v) is 3.83. The third kappa shape index (κ3) is 6.71. The number of benzene rings is 1. The van der Waals surface area contributed by atoms with Crippen molar-refractivity contribution in [3.63, 3.8) is 0 Å². The Kier molecular flexibility index (Phi) is 7.59. The zero-order valence-electron chi connectivity index (χ0n) is 14.5. The Labute approximate surface area is 165 Å². The molecule has 150 valence electrons. The minimum Gasteiger partial charge on any atom is -0.467 e. The lowest BCUT2D eigenvalue weighted by atomic mass is 10.4. The zero-order valence-corrected chi connectivity index (χ0v) is 16.1. The predicted octanol–water partition coefficient (Wildman–Crippen LogP) is 1.67. The standard InChI is InChI=1S/C17H17ClN2O7S/c18-13-5-1-2-6-14(13)28(24,25)9-7-16(22)27-11-15(21)20-17(23)19-10-12-4-3-8-26-12/h1-6,8H,7,9-11H2,(H2,19,20,21,23). The van der Waals surface area contributed by atoms with E-state index < -0.39 is 46.5 Å². The van der Waals surface area contributed by atoms with Crippen LogP contribution in [0.1, 0.15) is 12.2 Å². The summed E-state index contributed by atoms with van der Waals surface area (Å²) in [5.41, 5.74) is 0. The second-order valence-electron chi connectivity index (χ2n) is 5.47. The Morgan fingerprint density at radius 2 is 1.86 bits per heavy atom. The van der Waals surface area contributed by atoms with Gasteiger partial charge in [-0.25, -0.2) is 13.2 Å². The van der Waals surface area contributed by atoms with Crippen molar-refractivity contribution in [3.8, 4) is 0 Å². The van der Waals surface area contributed by atoms with Gasteiger partial charge in [0.25, 0.3) is 5.91 Å². The number of sulfone groups is 1. The Bertz CT molecular complexity index is 942. The van der Waals surface area contributed by atoms with E-state index in [-0.39, 0.29) is 16.5 Å². The van der Waals surface area contributed by atoms with Crippen LogP contribution in [0.5, 0.6) is 0 Å². The van der Waals surface area contributed by atoms with Crippen molar-refractivity contribution in [2.45, 2.75) is 17.9 Å². The van der Waals surface area contributed by atoms with E-state index in [1.54, 1.807) is 18.2 Å². The Balaban J connectivity index is 1.70. The third-order valence-corrected chi connectivity index (χ3v) is 5.58. The topological polar surface area (TPSA) is 132 Å². The summed E-state index contributed by atoms with van der Waals surface area (Å²) in [5.74, 6) is -1.80. The highest BCUT2D eigenvalue weighted by Gasteiger charge is 2.20. The molecule has 0 aliphatic heterocycles. The lowest BCUT2D eigenvalue weighted by molar-refractivity contribution is -0.147. The van der Waals surface area contributed by atoms with E-state index in [9.17, 15) is 22.8 Å². The molecular weight excluding hydrogens is 412 g/mol. The van der Waals surface area contributed by atoms with Gasteiger partial charge in [-0.15, -0.1) is 0 Å².